The topological polar surface area (TPSA) is 33.0 Å². The monoisotopic (exact) mass is 253 g/mol. The van der Waals surface area contributed by atoms with Crippen LogP contribution < -0.4 is 4.74 Å². The number of ether oxygens (including phenoxy) is 1. The molecule has 0 saturated heterocycles. The van der Waals surface area contributed by atoms with E-state index in [1.165, 1.54) is 38.5 Å². The van der Waals surface area contributed by atoms with E-state index in [9.17, 15) is 0 Å². The molecule has 0 unspecified atom stereocenters. The van der Waals surface area contributed by atoms with Crippen molar-refractivity contribution in [3.8, 4) is 11.8 Å². The normalized spacial score (nSPS) is 39.0. The molecule has 4 saturated carbocycles. The lowest BCUT2D eigenvalue weighted by molar-refractivity contribution is -0.107. The molecule has 0 heterocycles. The van der Waals surface area contributed by atoms with Gasteiger partial charge in [0.15, 0.2) is 0 Å². The van der Waals surface area contributed by atoms with Crippen LogP contribution in [0.15, 0.2) is 24.3 Å². The second kappa shape index (κ2) is 4.00. The Balaban J connectivity index is 1.60. The Morgan fingerprint density at radius 2 is 1.68 bits per heavy atom. The van der Waals surface area contributed by atoms with Gasteiger partial charge in [-0.3, -0.25) is 0 Å². The predicted molar refractivity (Wildman–Crippen MR) is 72.7 cm³/mol. The molecule has 1 aromatic rings. The summed E-state index contributed by atoms with van der Waals surface area (Å²) in [6.45, 7) is 0. The van der Waals surface area contributed by atoms with Crippen molar-refractivity contribution in [2.45, 2.75) is 44.1 Å². The number of hydrogen-bond donors (Lipinski definition) is 0. The van der Waals surface area contributed by atoms with Crippen LogP contribution in [0.4, 0.5) is 0 Å². The van der Waals surface area contributed by atoms with Gasteiger partial charge in [-0.1, -0.05) is 6.07 Å². The van der Waals surface area contributed by atoms with Gasteiger partial charge < -0.3 is 4.74 Å². The zero-order valence-corrected chi connectivity index (χ0v) is 11.1. The first kappa shape index (κ1) is 11.3. The number of benzene rings is 1. The van der Waals surface area contributed by atoms with Crippen LogP contribution in [0, 0.1) is 29.1 Å². The minimum absolute atomic E-state index is 0.0861. The fraction of sp³-hybridized carbons (Fsp3) is 0.588. The van der Waals surface area contributed by atoms with Gasteiger partial charge in [-0.05, 0) is 74.5 Å². The highest BCUT2D eigenvalue weighted by atomic mass is 16.5. The minimum atomic E-state index is 0.0861. The maximum absolute atomic E-state index is 8.99. The summed E-state index contributed by atoms with van der Waals surface area (Å²) < 4.78 is 6.41. The van der Waals surface area contributed by atoms with Gasteiger partial charge in [0.25, 0.3) is 0 Å². The van der Waals surface area contributed by atoms with E-state index in [2.05, 4.69) is 6.07 Å². The van der Waals surface area contributed by atoms with E-state index in [0.29, 0.717) is 5.56 Å². The Morgan fingerprint density at radius 3 is 2.26 bits per heavy atom. The molecule has 0 atom stereocenters. The summed E-state index contributed by atoms with van der Waals surface area (Å²) in [6, 6.07) is 9.85. The van der Waals surface area contributed by atoms with Crippen molar-refractivity contribution < 1.29 is 4.74 Å². The van der Waals surface area contributed by atoms with Crippen molar-refractivity contribution >= 4 is 0 Å². The van der Waals surface area contributed by atoms with Crippen LogP contribution in [0.2, 0.25) is 0 Å². The van der Waals surface area contributed by atoms with Gasteiger partial charge >= 0.3 is 0 Å². The second-order valence-corrected chi connectivity index (χ2v) is 6.84. The van der Waals surface area contributed by atoms with E-state index in [1.54, 1.807) is 0 Å². The fourth-order valence-electron chi connectivity index (χ4n) is 5.04. The molecule has 0 N–H and O–H groups in total. The van der Waals surface area contributed by atoms with Crippen molar-refractivity contribution in [2.75, 3.05) is 0 Å². The van der Waals surface area contributed by atoms with Crippen LogP contribution in [0.5, 0.6) is 5.75 Å². The number of rotatable bonds is 2. The van der Waals surface area contributed by atoms with Gasteiger partial charge in [0.2, 0.25) is 0 Å². The van der Waals surface area contributed by atoms with E-state index >= 15 is 0 Å². The highest BCUT2D eigenvalue weighted by Gasteiger charge is 2.52. The molecule has 98 valence electrons. The van der Waals surface area contributed by atoms with Gasteiger partial charge in [-0.25, -0.2) is 0 Å². The molecule has 0 aliphatic heterocycles. The van der Waals surface area contributed by atoms with Crippen LogP contribution in [0.25, 0.3) is 0 Å². The van der Waals surface area contributed by atoms with E-state index in [0.717, 1.165) is 23.5 Å². The number of hydrogen-bond acceptors (Lipinski definition) is 2. The van der Waals surface area contributed by atoms with Gasteiger partial charge in [-0.2, -0.15) is 5.26 Å². The minimum Gasteiger partial charge on any atom is -0.487 e. The first-order chi connectivity index (χ1) is 9.25. The SMILES string of the molecule is N#Cc1cccc(OC23CC4CC(CC(C4)C2)C3)c1. The Labute approximate surface area is 114 Å². The molecular formula is C17H19NO. The zero-order chi connectivity index (χ0) is 12.9. The van der Waals surface area contributed by atoms with Crippen molar-refractivity contribution in [1.82, 2.24) is 0 Å². The molecule has 4 fully saturated rings. The molecule has 0 amide bonds. The summed E-state index contributed by atoms with van der Waals surface area (Å²) in [5, 5.41) is 8.99. The summed E-state index contributed by atoms with van der Waals surface area (Å²) in [7, 11) is 0. The third-order valence-electron chi connectivity index (χ3n) is 5.28. The second-order valence-electron chi connectivity index (χ2n) is 6.84. The molecular weight excluding hydrogens is 234 g/mol. The van der Waals surface area contributed by atoms with Crippen LogP contribution >= 0.6 is 0 Å². The molecule has 2 nitrogen and oxygen atoms in total. The van der Waals surface area contributed by atoms with E-state index in [1.807, 2.05) is 24.3 Å². The number of nitrogens with zero attached hydrogens (tertiary/aromatic N) is 1. The Bertz CT molecular complexity index is 507. The summed E-state index contributed by atoms with van der Waals surface area (Å²) in [4.78, 5) is 0. The Kier molecular flexibility index (Phi) is 2.39. The van der Waals surface area contributed by atoms with E-state index in [-0.39, 0.29) is 5.60 Å². The van der Waals surface area contributed by atoms with Crippen molar-refractivity contribution in [3.05, 3.63) is 29.8 Å². The molecule has 2 heteroatoms. The van der Waals surface area contributed by atoms with Gasteiger partial charge in [0, 0.05) is 0 Å². The predicted octanol–water partition coefficient (Wildman–Crippen LogP) is 3.91. The maximum Gasteiger partial charge on any atom is 0.121 e. The fourth-order valence-corrected chi connectivity index (χ4v) is 5.04. The highest BCUT2D eigenvalue weighted by molar-refractivity contribution is 5.36. The first-order valence-electron chi connectivity index (χ1n) is 7.44. The summed E-state index contributed by atoms with van der Waals surface area (Å²) in [5.41, 5.74) is 0.783. The molecule has 0 spiro atoms. The van der Waals surface area contributed by atoms with E-state index < -0.39 is 0 Å². The van der Waals surface area contributed by atoms with Crippen molar-refractivity contribution in [3.63, 3.8) is 0 Å². The molecule has 4 bridgehead atoms. The number of nitriles is 1. The summed E-state index contributed by atoms with van der Waals surface area (Å²) in [6.07, 6.45) is 7.99. The molecule has 0 radical (unpaired) electrons. The summed E-state index contributed by atoms with van der Waals surface area (Å²) >= 11 is 0. The van der Waals surface area contributed by atoms with Crippen molar-refractivity contribution in [1.29, 1.82) is 5.26 Å². The smallest absolute Gasteiger partial charge is 0.121 e. The van der Waals surface area contributed by atoms with Crippen LogP contribution in [-0.4, -0.2) is 5.60 Å². The highest BCUT2D eigenvalue weighted by Crippen LogP contribution is 2.57. The summed E-state index contributed by atoms with van der Waals surface area (Å²) in [5.74, 6) is 3.57. The van der Waals surface area contributed by atoms with Crippen LogP contribution in [-0.2, 0) is 0 Å². The molecule has 4 aliphatic rings. The van der Waals surface area contributed by atoms with Crippen molar-refractivity contribution in [2.24, 2.45) is 17.8 Å². The standard InChI is InChI=1S/C17H19NO/c18-11-12-2-1-3-16(7-12)19-17-8-13-4-14(9-17)6-15(5-13)10-17/h1-3,7,13-15H,4-6,8-10H2. The van der Waals surface area contributed by atoms with E-state index in [4.69, 9.17) is 10.00 Å². The zero-order valence-electron chi connectivity index (χ0n) is 11.1. The van der Waals surface area contributed by atoms with Crippen LogP contribution in [0.3, 0.4) is 0 Å². The van der Waals surface area contributed by atoms with Crippen LogP contribution in [0.1, 0.15) is 44.1 Å². The van der Waals surface area contributed by atoms with Gasteiger partial charge in [-0.15, -0.1) is 0 Å². The molecule has 0 aromatic heterocycles. The maximum atomic E-state index is 8.99. The quantitative estimate of drug-likeness (QED) is 0.800. The lowest BCUT2D eigenvalue weighted by Gasteiger charge is -2.56. The lowest BCUT2D eigenvalue weighted by Crippen LogP contribution is -2.53. The third kappa shape index (κ3) is 1.92. The van der Waals surface area contributed by atoms with Gasteiger partial charge in [0.05, 0.1) is 11.6 Å². The molecule has 4 aliphatic carbocycles. The first-order valence-corrected chi connectivity index (χ1v) is 7.44. The molecule has 1 aromatic carbocycles. The Morgan fingerprint density at radius 1 is 1.05 bits per heavy atom. The average molecular weight is 253 g/mol. The Hall–Kier alpha value is -1.49. The molecule has 19 heavy (non-hydrogen) atoms. The largest absolute Gasteiger partial charge is 0.487 e. The average Bonchev–Trinajstić information content (AvgIpc) is 2.36. The molecule has 5 rings (SSSR count). The van der Waals surface area contributed by atoms with Gasteiger partial charge in [0.1, 0.15) is 11.4 Å². The lowest BCUT2D eigenvalue weighted by atomic mass is 9.54. The third-order valence-corrected chi connectivity index (χ3v) is 5.28.